The van der Waals surface area contributed by atoms with Gasteiger partial charge in [0.1, 0.15) is 11.2 Å². The first-order valence-electron chi connectivity index (χ1n) is 8.26. The Morgan fingerprint density at radius 1 is 1.04 bits per heavy atom. The molecule has 24 heavy (non-hydrogen) atoms. The average Bonchev–Trinajstić information content (AvgIpc) is 2.99. The zero-order valence-corrected chi connectivity index (χ0v) is 14.4. The fourth-order valence-electron chi connectivity index (χ4n) is 2.88. The Morgan fingerprint density at radius 2 is 1.83 bits per heavy atom. The van der Waals surface area contributed by atoms with Crippen molar-refractivity contribution < 1.29 is 8.83 Å². The minimum Gasteiger partial charge on any atom is -0.464 e. The van der Waals surface area contributed by atoms with E-state index in [9.17, 15) is 4.79 Å². The van der Waals surface area contributed by atoms with E-state index in [4.69, 9.17) is 8.83 Å². The molecule has 0 saturated heterocycles. The van der Waals surface area contributed by atoms with E-state index in [2.05, 4.69) is 32.9 Å². The summed E-state index contributed by atoms with van der Waals surface area (Å²) in [5, 5.41) is 1.95. The van der Waals surface area contributed by atoms with Crippen molar-refractivity contribution in [3.05, 3.63) is 69.8 Å². The Bertz CT molecular complexity index is 979. The molecule has 0 spiro atoms. The summed E-state index contributed by atoms with van der Waals surface area (Å²) in [5.41, 5.74) is 4.69. The number of furan rings is 1. The fraction of sp³-hybridized carbons (Fsp3) is 0.286. The van der Waals surface area contributed by atoms with E-state index in [-0.39, 0.29) is 5.63 Å². The van der Waals surface area contributed by atoms with Gasteiger partial charge in [-0.2, -0.15) is 0 Å². The van der Waals surface area contributed by atoms with Gasteiger partial charge in [-0.3, -0.25) is 0 Å². The van der Waals surface area contributed by atoms with Crippen LogP contribution < -0.4 is 5.63 Å². The van der Waals surface area contributed by atoms with E-state index in [1.807, 2.05) is 18.2 Å². The number of fused-ring (bicyclic) bond motifs is 2. The summed E-state index contributed by atoms with van der Waals surface area (Å²) >= 11 is 0. The van der Waals surface area contributed by atoms with Crippen LogP contribution in [-0.2, 0) is 6.42 Å². The SMILES string of the molecule is CC(C)=CCC/C(C)=C/Cc1c2occc2cc2ccc(=O)oc12. The predicted octanol–water partition coefficient (Wildman–Crippen LogP) is 5.77. The Labute approximate surface area is 141 Å². The van der Waals surface area contributed by atoms with Crippen LogP contribution in [0, 0.1) is 0 Å². The second-order valence-electron chi connectivity index (χ2n) is 6.44. The smallest absolute Gasteiger partial charge is 0.336 e. The topological polar surface area (TPSA) is 43.4 Å². The summed E-state index contributed by atoms with van der Waals surface area (Å²) in [6.07, 6.45) is 8.89. The van der Waals surface area contributed by atoms with Crippen molar-refractivity contribution in [3.8, 4) is 0 Å². The van der Waals surface area contributed by atoms with Gasteiger partial charge in [0.15, 0.2) is 0 Å². The van der Waals surface area contributed by atoms with Crippen LogP contribution in [0.4, 0.5) is 0 Å². The number of rotatable bonds is 5. The molecule has 0 saturated carbocycles. The molecule has 3 rings (SSSR count). The second kappa shape index (κ2) is 6.91. The van der Waals surface area contributed by atoms with Crippen molar-refractivity contribution in [1.82, 2.24) is 0 Å². The fourth-order valence-corrected chi connectivity index (χ4v) is 2.88. The molecular formula is C21H22O3. The summed E-state index contributed by atoms with van der Waals surface area (Å²) in [6.45, 7) is 6.37. The molecule has 0 radical (unpaired) electrons. The van der Waals surface area contributed by atoms with E-state index in [0.29, 0.717) is 12.0 Å². The van der Waals surface area contributed by atoms with Gasteiger partial charge in [0, 0.05) is 22.4 Å². The Morgan fingerprint density at radius 3 is 2.62 bits per heavy atom. The number of hydrogen-bond donors (Lipinski definition) is 0. The summed E-state index contributed by atoms with van der Waals surface area (Å²) in [6, 6.07) is 7.20. The van der Waals surface area contributed by atoms with Crippen LogP contribution in [0.5, 0.6) is 0 Å². The molecule has 0 aliphatic rings. The molecule has 2 aromatic heterocycles. The first-order chi connectivity index (χ1) is 11.5. The van der Waals surface area contributed by atoms with E-state index in [0.717, 1.165) is 34.8 Å². The van der Waals surface area contributed by atoms with Gasteiger partial charge < -0.3 is 8.83 Å². The lowest BCUT2D eigenvalue weighted by molar-refractivity contribution is 0.555. The molecule has 0 aliphatic heterocycles. The lowest BCUT2D eigenvalue weighted by Gasteiger charge is -2.05. The molecule has 3 aromatic rings. The highest BCUT2D eigenvalue weighted by Crippen LogP contribution is 2.29. The number of allylic oxidation sites excluding steroid dienone is 4. The van der Waals surface area contributed by atoms with Gasteiger partial charge in [-0.1, -0.05) is 23.3 Å². The first kappa shape index (κ1) is 16.3. The lowest BCUT2D eigenvalue weighted by Crippen LogP contribution is -1.97. The van der Waals surface area contributed by atoms with Crippen LogP contribution >= 0.6 is 0 Å². The highest BCUT2D eigenvalue weighted by molar-refractivity contribution is 5.97. The van der Waals surface area contributed by atoms with Gasteiger partial charge in [-0.15, -0.1) is 0 Å². The monoisotopic (exact) mass is 322 g/mol. The maximum atomic E-state index is 11.6. The average molecular weight is 322 g/mol. The zero-order chi connectivity index (χ0) is 17.1. The third-order valence-corrected chi connectivity index (χ3v) is 4.16. The van der Waals surface area contributed by atoms with Crippen molar-refractivity contribution >= 4 is 21.9 Å². The Balaban J connectivity index is 1.97. The summed E-state index contributed by atoms with van der Waals surface area (Å²) in [4.78, 5) is 11.6. The maximum absolute atomic E-state index is 11.6. The summed E-state index contributed by atoms with van der Waals surface area (Å²) in [7, 11) is 0. The normalized spacial score (nSPS) is 12.0. The van der Waals surface area contributed by atoms with E-state index in [1.54, 1.807) is 6.26 Å². The third-order valence-electron chi connectivity index (χ3n) is 4.16. The van der Waals surface area contributed by atoms with Crippen LogP contribution in [0.15, 0.2) is 67.5 Å². The van der Waals surface area contributed by atoms with Crippen molar-refractivity contribution in [3.63, 3.8) is 0 Å². The molecule has 2 heterocycles. The zero-order valence-electron chi connectivity index (χ0n) is 14.4. The molecule has 0 unspecified atom stereocenters. The highest BCUT2D eigenvalue weighted by Gasteiger charge is 2.12. The Hall–Kier alpha value is -2.55. The molecule has 0 amide bonds. The minimum absolute atomic E-state index is 0.334. The van der Waals surface area contributed by atoms with Crippen molar-refractivity contribution in [2.75, 3.05) is 0 Å². The molecule has 0 aliphatic carbocycles. The molecule has 3 heteroatoms. The number of benzene rings is 1. The van der Waals surface area contributed by atoms with E-state index in [1.165, 1.54) is 17.2 Å². The minimum atomic E-state index is -0.334. The molecule has 124 valence electrons. The van der Waals surface area contributed by atoms with Gasteiger partial charge in [-0.25, -0.2) is 4.79 Å². The second-order valence-corrected chi connectivity index (χ2v) is 6.44. The highest BCUT2D eigenvalue weighted by atomic mass is 16.4. The van der Waals surface area contributed by atoms with Gasteiger partial charge in [0.25, 0.3) is 0 Å². The van der Waals surface area contributed by atoms with Crippen molar-refractivity contribution in [2.24, 2.45) is 0 Å². The van der Waals surface area contributed by atoms with E-state index >= 15 is 0 Å². The summed E-state index contributed by atoms with van der Waals surface area (Å²) in [5.74, 6) is 0. The standard InChI is InChI=1S/C21H22O3/c1-14(2)5-4-6-15(3)7-9-18-20-17(11-12-23-20)13-16-8-10-19(22)24-21(16)18/h5,7-8,10-13H,4,6,9H2,1-3H3/b15-7+. The van der Waals surface area contributed by atoms with Gasteiger partial charge >= 0.3 is 5.63 Å². The maximum Gasteiger partial charge on any atom is 0.336 e. The molecule has 0 fully saturated rings. The van der Waals surface area contributed by atoms with Crippen LogP contribution in [0.1, 0.15) is 39.2 Å². The molecule has 0 atom stereocenters. The van der Waals surface area contributed by atoms with Gasteiger partial charge in [0.2, 0.25) is 0 Å². The van der Waals surface area contributed by atoms with Crippen LogP contribution in [0.25, 0.3) is 21.9 Å². The lowest BCUT2D eigenvalue weighted by atomic mass is 10.0. The molecule has 0 bridgehead atoms. The quantitative estimate of drug-likeness (QED) is 0.442. The van der Waals surface area contributed by atoms with Crippen molar-refractivity contribution in [1.29, 1.82) is 0 Å². The van der Waals surface area contributed by atoms with Crippen LogP contribution in [-0.4, -0.2) is 0 Å². The molecule has 3 nitrogen and oxygen atoms in total. The summed E-state index contributed by atoms with van der Waals surface area (Å²) < 4.78 is 11.1. The molecular weight excluding hydrogens is 300 g/mol. The largest absolute Gasteiger partial charge is 0.464 e. The Kier molecular flexibility index (Phi) is 4.70. The third kappa shape index (κ3) is 3.51. The molecule has 0 N–H and O–H groups in total. The van der Waals surface area contributed by atoms with E-state index < -0.39 is 0 Å². The van der Waals surface area contributed by atoms with Crippen LogP contribution in [0.3, 0.4) is 0 Å². The van der Waals surface area contributed by atoms with Crippen molar-refractivity contribution in [2.45, 2.75) is 40.0 Å². The van der Waals surface area contributed by atoms with Gasteiger partial charge in [-0.05, 0) is 58.2 Å². The first-order valence-corrected chi connectivity index (χ1v) is 8.26. The number of hydrogen-bond acceptors (Lipinski definition) is 3. The van der Waals surface area contributed by atoms with Crippen LogP contribution in [0.2, 0.25) is 0 Å². The van der Waals surface area contributed by atoms with Gasteiger partial charge in [0.05, 0.1) is 6.26 Å². The predicted molar refractivity (Wildman–Crippen MR) is 98.4 cm³/mol. The molecule has 1 aromatic carbocycles.